The maximum atomic E-state index is 6.00. The largest absolute Gasteiger partial charge is 0.373 e. The smallest absolute Gasteiger partial charge is 0.0871 e. The van der Waals surface area contributed by atoms with Crippen LogP contribution >= 0.6 is 0 Å². The van der Waals surface area contributed by atoms with Crippen LogP contribution in [0.1, 0.15) is 43.4 Å². The lowest BCUT2D eigenvalue weighted by Crippen LogP contribution is -2.37. The van der Waals surface area contributed by atoms with Crippen LogP contribution in [0.25, 0.3) is 5.57 Å². The van der Waals surface area contributed by atoms with E-state index in [0.29, 0.717) is 0 Å². The van der Waals surface area contributed by atoms with Crippen LogP contribution in [0.15, 0.2) is 30.3 Å². The summed E-state index contributed by atoms with van der Waals surface area (Å²) in [5.41, 5.74) is 4.26. The van der Waals surface area contributed by atoms with E-state index in [2.05, 4.69) is 42.2 Å². The molecule has 0 N–H and O–H groups in total. The summed E-state index contributed by atoms with van der Waals surface area (Å²) in [5.74, 6) is 0. The average Bonchev–Trinajstić information content (AvgIpc) is 2.73. The van der Waals surface area contributed by atoms with Gasteiger partial charge in [-0.25, -0.2) is 0 Å². The number of fused-ring (bicyclic) bond motifs is 1. The van der Waals surface area contributed by atoms with Crippen molar-refractivity contribution in [2.24, 2.45) is 0 Å². The Morgan fingerprint density at radius 2 is 2.16 bits per heavy atom. The van der Waals surface area contributed by atoms with Gasteiger partial charge in [0.05, 0.1) is 6.10 Å². The lowest BCUT2D eigenvalue weighted by atomic mass is 10.1. The molecule has 1 unspecified atom stereocenters. The van der Waals surface area contributed by atoms with Gasteiger partial charge in [-0.15, -0.1) is 0 Å². The summed E-state index contributed by atoms with van der Waals surface area (Å²) < 4.78 is 6.00. The van der Waals surface area contributed by atoms with Gasteiger partial charge in [0.2, 0.25) is 0 Å². The SMILES string of the molecule is CCCOC1C/C(=C\CN2CCC2)c2ccccc21. The van der Waals surface area contributed by atoms with Crippen LogP contribution in [0.2, 0.25) is 0 Å². The fourth-order valence-corrected chi connectivity index (χ4v) is 2.90. The second kappa shape index (κ2) is 5.89. The van der Waals surface area contributed by atoms with E-state index in [9.17, 15) is 0 Å². The van der Waals surface area contributed by atoms with E-state index in [1.165, 1.54) is 36.2 Å². The molecule has 1 aliphatic heterocycles. The van der Waals surface area contributed by atoms with Crippen molar-refractivity contribution in [1.82, 2.24) is 4.90 Å². The third-order valence-electron chi connectivity index (χ3n) is 4.13. The number of benzene rings is 1. The Morgan fingerprint density at radius 3 is 2.89 bits per heavy atom. The first-order valence-electron chi connectivity index (χ1n) is 7.50. The molecule has 102 valence electrons. The van der Waals surface area contributed by atoms with E-state index >= 15 is 0 Å². The Kier molecular flexibility index (Phi) is 4.00. The zero-order valence-electron chi connectivity index (χ0n) is 11.8. The molecule has 1 aliphatic carbocycles. The van der Waals surface area contributed by atoms with E-state index in [0.717, 1.165) is 26.0 Å². The predicted octanol–water partition coefficient (Wildman–Crippen LogP) is 3.65. The van der Waals surface area contributed by atoms with Gasteiger partial charge >= 0.3 is 0 Å². The van der Waals surface area contributed by atoms with Crippen molar-refractivity contribution < 1.29 is 4.74 Å². The van der Waals surface area contributed by atoms with Crippen molar-refractivity contribution in [2.75, 3.05) is 26.2 Å². The Morgan fingerprint density at radius 1 is 1.32 bits per heavy atom. The monoisotopic (exact) mass is 257 g/mol. The molecule has 0 radical (unpaired) electrons. The van der Waals surface area contributed by atoms with Crippen molar-refractivity contribution in [2.45, 2.75) is 32.3 Å². The van der Waals surface area contributed by atoms with Crippen LogP contribution in [0.4, 0.5) is 0 Å². The van der Waals surface area contributed by atoms with Gasteiger partial charge in [0.1, 0.15) is 0 Å². The van der Waals surface area contributed by atoms with Crippen molar-refractivity contribution in [3.8, 4) is 0 Å². The maximum absolute atomic E-state index is 6.00. The number of hydrogen-bond acceptors (Lipinski definition) is 2. The highest BCUT2D eigenvalue weighted by atomic mass is 16.5. The van der Waals surface area contributed by atoms with E-state index in [1.807, 2.05) is 0 Å². The topological polar surface area (TPSA) is 12.5 Å². The fraction of sp³-hybridized carbons (Fsp3) is 0.529. The minimum absolute atomic E-state index is 0.277. The van der Waals surface area contributed by atoms with Gasteiger partial charge < -0.3 is 4.74 Å². The summed E-state index contributed by atoms with van der Waals surface area (Å²) in [6.07, 6.45) is 6.19. The molecular formula is C17H23NO. The fourth-order valence-electron chi connectivity index (χ4n) is 2.90. The first-order chi connectivity index (χ1) is 9.38. The first kappa shape index (κ1) is 12.9. The van der Waals surface area contributed by atoms with Crippen molar-refractivity contribution in [3.63, 3.8) is 0 Å². The third kappa shape index (κ3) is 2.75. The van der Waals surface area contributed by atoms with Crippen molar-refractivity contribution >= 4 is 5.57 Å². The molecule has 0 saturated carbocycles. The van der Waals surface area contributed by atoms with Crippen LogP contribution in [0, 0.1) is 0 Å². The molecule has 19 heavy (non-hydrogen) atoms. The number of hydrogen-bond donors (Lipinski definition) is 0. The van der Waals surface area contributed by atoms with Gasteiger partial charge in [-0.1, -0.05) is 37.3 Å². The standard InChI is InChI=1S/C17H23NO/c1-2-12-19-17-13-14(8-11-18-9-5-10-18)15-6-3-4-7-16(15)17/h3-4,6-8,17H,2,5,9-13H2,1H3/b14-8+. The molecule has 0 spiro atoms. The molecular weight excluding hydrogens is 234 g/mol. The molecule has 1 saturated heterocycles. The van der Waals surface area contributed by atoms with Crippen molar-refractivity contribution in [1.29, 1.82) is 0 Å². The molecule has 1 heterocycles. The molecule has 2 heteroatoms. The van der Waals surface area contributed by atoms with Crippen LogP contribution in [-0.2, 0) is 4.74 Å². The minimum Gasteiger partial charge on any atom is -0.373 e. The second-order valence-electron chi connectivity index (χ2n) is 5.53. The van der Waals surface area contributed by atoms with Gasteiger partial charge in [-0.05, 0) is 42.6 Å². The molecule has 1 aromatic rings. The Hall–Kier alpha value is -1.12. The van der Waals surface area contributed by atoms with E-state index in [4.69, 9.17) is 4.74 Å². The van der Waals surface area contributed by atoms with Crippen LogP contribution in [-0.4, -0.2) is 31.1 Å². The van der Waals surface area contributed by atoms with Crippen LogP contribution in [0.5, 0.6) is 0 Å². The zero-order chi connectivity index (χ0) is 13.1. The highest BCUT2D eigenvalue weighted by molar-refractivity contribution is 5.73. The third-order valence-corrected chi connectivity index (χ3v) is 4.13. The lowest BCUT2D eigenvalue weighted by Gasteiger charge is -2.29. The van der Waals surface area contributed by atoms with Gasteiger partial charge in [0, 0.05) is 19.6 Å². The summed E-state index contributed by atoms with van der Waals surface area (Å²) >= 11 is 0. The molecule has 1 atom stereocenters. The van der Waals surface area contributed by atoms with E-state index < -0.39 is 0 Å². The van der Waals surface area contributed by atoms with Crippen LogP contribution in [0.3, 0.4) is 0 Å². The lowest BCUT2D eigenvalue weighted by molar-refractivity contribution is 0.0604. The number of nitrogens with zero attached hydrogens (tertiary/aromatic N) is 1. The Balaban J connectivity index is 1.75. The second-order valence-corrected chi connectivity index (χ2v) is 5.53. The first-order valence-corrected chi connectivity index (χ1v) is 7.50. The molecule has 1 fully saturated rings. The van der Waals surface area contributed by atoms with Gasteiger partial charge in [0.25, 0.3) is 0 Å². The average molecular weight is 257 g/mol. The van der Waals surface area contributed by atoms with Gasteiger partial charge in [-0.2, -0.15) is 0 Å². The molecule has 0 aromatic heterocycles. The normalized spacial score (nSPS) is 24.5. The summed E-state index contributed by atoms with van der Waals surface area (Å²) in [5, 5.41) is 0. The summed E-state index contributed by atoms with van der Waals surface area (Å²) in [7, 11) is 0. The maximum Gasteiger partial charge on any atom is 0.0871 e. The molecule has 3 rings (SSSR count). The Labute approximate surface area is 116 Å². The predicted molar refractivity (Wildman–Crippen MR) is 79.1 cm³/mol. The highest BCUT2D eigenvalue weighted by Gasteiger charge is 2.26. The van der Waals surface area contributed by atoms with Gasteiger partial charge in [0.15, 0.2) is 0 Å². The number of rotatable bonds is 5. The van der Waals surface area contributed by atoms with Crippen molar-refractivity contribution in [3.05, 3.63) is 41.5 Å². The highest BCUT2D eigenvalue weighted by Crippen LogP contribution is 2.41. The number of likely N-dealkylation sites (tertiary alicyclic amines) is 1. The van der Waals surface area contributed by atoms with E-state index in [-0.39, 0.29) is 6.10 Å². The Bertz CT molecular complexity index is 462. The summed E-state index contributed by atoms with van der Waals surface area (Å²) in [6.45, 7) is 6.66. The number of ether oxygens (including phenoxy) is 1. The molecule has 2 aliphatic rings. The van der Waals surface area contributed by atoms with Crippen LogP contribution < -0.4 is 0 Å². The quantitative estimate of drug-likeness (QED) is 0.798. The van der Waals surface area contributed by atoms with E-state index in [1.54, 1.807) is 0 Å². The molecule has 0 amide bonds. The zero-order valence-corrected chi connectivity index (χ0v) is 11.8. The summed E-state index contributed by atoms with van der Waals surface area (Å²) in [6, 6.07) is 8.73. The molecule has 1 aromatic carbocycles. The molecule has 2 nitrogen and oxygen atoms in total. The minimum atomic E-state index is 0.277. The summed E-state index contributed by atoms with van der Waals surface area (Å²) in [4.78, 5) is 2.50. The van der Waals surface area contributed by atoms with Gasteiger partial charge in [-0.3, -0.25) is 4.90 Å². The molecule has 0 bridgehead atoms.